The largest absolute Gasteiger partial charge is 0.360 e. The van der Waals surface area contributed by atoms with E-state index in [9.17, 15) is 14.4 Å². The van der Waals surface area contributed by atoms with Gasteiger partial charge in [-0.3, -0.25) is 19.3 Å². The van der Waals surface area contributed by atoms with Crippen molar-refractivity contribution < 1.29 is 18.9 Å². The summed E-state index contributed by atoms with van der Waals surface area (Å²) in [6, 6.07) is 1.58. The van der Waals surface area contributed by atoms with Gasteiger partial charge in [0.25, 0.3) is 0 Å². The van der Waals surface area contributed by atoms with E-state index in [1.54, 1.807) is 13.0 Å². The molecule has 0 unspecified atom stereocenters. The van der Waals surface area contributed by atoms with Crippen molar-refractivity contribution in [1.82, 2.24) is 10.1 Å². The van der Waals surface area contributed by atoms with Crippen molar-refractivity contribution in [2.75, 3.05) is 11.9 Å². The Hall–Kier alpha value is -2.18. The summed E-state index contributed by atoms with van der Waals surface area (Å²) in [6.45, 7) is 1.48. The van der Waals surface area contributed by atoms with E-state index in [4.69, 9.17) is 4.52 Å². The van der Waals surface area contributed by atoms with Crippen molar-refractivity contribution in [3.05, 3.63) is 11.8 Å². The quantitative estimate of drug-likeness (QED) is 0.839. The minimum absolute atomic E-state index is 0.173. The molecule has 0 aromatic carbocycles. The van der Waals surface area contributed by atoms with Crippen molar-refractivity contribution in [2.45, 2.75) is 26.2 Å². The van der Waals surface area contributed by atoms with Gasteiger partial charge in [0.05, 0.1) is 11.8 Å². The van der Waals surface area contributed by atoms with Crippen molar-refractivity contribution in [3.63, 3.8) is 0 Å². The predicted octanol–water partition coefficient (Wildman–Crippen LogP) is 0.953. The van der Waals surface area contributed by atoms with Crippen LogP contribution in [0.5, 0.6) is 0 Å². The van der Waals surface area contributed by atoms with Crippen LogP contribution in [0, 0.1) is 30.6 Å². The van der Waals surface area contributed by atoms with Gasteiger partial charge >= 0.3 is 0 Å². The Bertz CT molecular complexity index is 639. The first-order chi connectivity index (χ1) is 10.5. The fraction of sp³-hybridized carbons (Fsp3) is 0.600. The minimum atomic E-state index is -0.428. The van der Waals surface area contributed by atoms with Crippen molar-refractivity contribution in [2.24, 2.45) is 23.7 Å². The molecular formula is C15H17N3O4. The third-order valence-electron chi connectivity index (χ3n) is 5.22. The number of nitrogens with one attached hydrogen (secondary N) is 1. The highest BCUT2D eigenvalue weighted by molar-refractivity contribution is 6.09. The molecule has 22 heavy (non-hydrogen) atoms. The Balaban J connectivity index is 1.46. The van der Waals surface area contributed by atoms with Gasteiger partial charge in [-0.15, -0.1) is 0 Å². The molecule has 1 saturated heterocycles. The first-order valence-electron chi connectivity index (χ1n) is 7.63. The lowest BCUT2D eigenvalue weighted by Crippen LogP contribution is -2.39. The van der Waals surface area contributed by atoms with Gasteiger partial charge in [-0.25, -0.2) is 0 Å². The van der Waals surface area contributed by atoms with Crippen LogP contribution in [-0.2, 0) is 14.4 Å². The number of hydrogen-bond acceptors (Lipinski definition) is 5. The molecule has 2 saturated carbocycles. The normalized spacial score (nSPS) is 32.7. The Kier molecular flexibility index (Phi) is 2.85. The zero-order valence-corrected chi connectivity index (χ0v) is 12.2. The molecule has 4 atom stereocenters. The molecule has 1 aromatic heterocycles. The zero-order chi connectivity index (χ0) is 15.4. The highest BCUT2D eigenvalue weighted by Crippen LogP contribution is 2.55. The fourth-order valence-corrected chi connectivity index (χ4v) is 4.38. The van der Waals surface area contributed by atoms with E-state index < -0.39 is 5.91 Å². The topological polar surface area (TPSA) is 92.5 Å². The summed E-state index contributed by atoms with van der Waals surface area (Å²) in [5, 5.41) is 6.21. The van der Waals surface area contributed by atoms with E-state index >= 15 is 0 Å². The lowest BCUT2D eigenvalue weighted by Gasteiger charge is -2.19. The molecule has 7 heteroatoms. The number of anilines is 1. The van der Waals surface area contributed by atoms with E-state index in [0.717, 1.165) is 24.2 Å². The van der Waals surface area contributed by atoms with Crippen LogP contribution in [0.1, 0.15) is 25.0 Å². The summed E-state index contributed by atoms with van der Waals surface area (Å²) >= 11 is 0. The van der Waals surface area contributed by atoms with Gasteiger partial charge in [-0.1, -0.05) is 5.16 Å². The van der Waals surface area contributed by atoms with Gasteiger partial charge in [-0.2, -0.15) is 0 Å². The van der Waals surface area contributed by atoms with Gasteiger partial charge in [0.2, 0.25) is 17.7 Å². The van der Waals surface area contributed by atoms with Crippen LogP contribution in [0.2, 0.25) is 0 Å². The smallest absolute Gasteiger partial charge is 0.245 e. The zero-order valence-electron chi connectivity index (χ0n) is 12.2. The van der Waals surface area contributed by atoms with Crippen LogP contribution >= 0.6 is 0 Å². The third-order valence-corrected chi connectivity index (χ3v) is 5.22. The Morgan fingerprint density at radius 2 is 1.95 bits per heavy atom. The number of carbonyl (C=O) groups is 3. The summed E-state index contributed by atoms with van der Waals surface area (Å²) in [5.41, 5.74) is 0. The maximum absolute atomic E-state index is 12.5. The standard InChI is InChI=1S/C15H17N3O4/c1-7-4-10(17-22-7)16-11(19)6-18-14(20)12-8-2-3-9(5-8)13(12)15(18)21/h4,8-9,12-13H,2-3,5-6H2,1H3,(H,16,17,19)/t8-,9-,12-,13+/m0/s1. The maximum Gasteiger partial charge on any atom is 0.245 e. The molecule has 4 rings (SSSR count). The minimum Gasteiger partial charge on any atom is -0.360 e. The summed E-state index contributed by atoms with van der Waals surface area (Å²) in [4.78, 5) is 38.1. The number of hydrogen-bond donors (Lipinski definition) is 1. The number of carbonyl (C=O) groups excluding carboxylic acids is 3. The second-order valence-electron chi connectivity index (χ2n) is 6.52. The number of amides is 3. The van der Waals surface area contributed by atoms with Crippen LogP contribution in [0.25, 0.3) is 0 Å². The van der Waals surface area contributed by atoms with Gasteiger partial charge in [0, 0.05) is 6.07 Å². The Morgan fingerprint density at radius 3 is 2.50 bits per heavy atom. The van der Waals surface area contributed by atoms with Crippen LogP contribution in [-0.4, -0.2) is 34.3 Å². The van der Waals surface area contributed by atoms with Crippen LogP contribution in [0.3, 0.4) is 0 Å². The van der Waals surface area contributed by atoms with E-state index in [1.165, 1.54) is 0 Å². The number of fused-ring (bicyclic) bond motifs is 5. The Labute approximate surface area is 127 Å². The molecule has 3 fully saturated rings. The molecule has 3 amide bonds. The first kappa shape index (κ1) is 13.5. The number of aromatic nitrogens is 1. The lowest BCUT2D eigenvalue weighted by molar-refractivity contribution is -0.143. The number of rotatable bonds is 3. The molecule has 7 nitrogen and oxygen atoms in total. The molecule has 2 bridgehead atoms. The molecule has 1 aliphatic heterocycles. The molecule has 1 N–H and O–H groups in total. The van der Waals surface area contributed by atoms with Gasteiger partial charge in [0.15, 0.2) is 5.82 Å². The predicted molar refractivity (Wildman–Crippen MR) is 74.4 cm³/mol. The molecule has 2 heterocycles. The maximum atomic E-state index is 12.5. The highest BCUT2D eigenvalue weighted by Gasteiger charge is 2.60. The average Bonchev–Trinajstić information content (AvgIpc) is 3.21. The van der Waals surface area contributed by atoms with E-state index in [2.05, 4.69) is 10.5 Å². The van der Waals surface area contributed by atoms with Crippen LogP contribution in [0.15, 0.2) is 10.6 Å². The molecule has 2 aliphatic carbocycles. The molecule has 0 radical (unpaired) electrons. The molecule has 3 aliphatic rings. The number of likely N-dealkylation sites (tertiary alicyclic amines) is 1. The summed E-state index contributed by atoms with van der Waals surface area (Å²) in [6.07, 6.45) is 3.05. The third kappa shape index (κ3) is 1.88. The SMILES string of the molecule is Cc1cc(NC(=O)CN2C(=O)[C@@H]3[C@H]4CC[C@@H](C4)[C@@H]3C2=O)no1. The van der Waals surface area contributed by atoms with E-state index in [0.29, 0.717) is 23.4 Å². The summed E-state index contributed by atoms with van der Waals surface area (Å²) < 4.78 is 4.86. The van der Waals surface area contributed by atoms with E-state index in [-0.39, 0.29) is 30.2 Å². The molecule has 1 aromatic rings. The van der Waals surface area contributed by atoms with Crippen molar-refractivity contribution in [3.8, 4) is 0 Å². The average molecular weight is 303 g/mol. The Morgan fingerprint density at radius 1 is 1.32 bits per heavy atom. The van der Waals surface area contributed by atoms with Gasteiger partial charge < -0.3 is 9.84 Å². The fourth-order valence-electron chi connectivity index (χ4n) is 4.38. The monoisotopic (exact) mass is 303 g/mol. The highest BCUT2D eigenvalue weighted by atomic mass is 16.5. The van der Waals surface area contributed by atoms with Crippen molar-refractivity contribution >= 4 is 23.5 Å². The number of aryl methyl sites for hydroxylation is 1. The van der Waals surface area contributed by atoms with Gasteiger partial charge in [0.1, 0.15) is 12.3 Å². The first-order valence-corrected chi connectivity index (χ1v) is 7.63. The van der Waals surface area contributed by atoms with Crippen LogP contribution < -0.4 is 5.32 Å². The van der Waals surface area contributed by atoms with Crippen LogP contribution in [0.4, 0.5) is 5.82 Å². The number of imide groups is 1. The molecule has 0 spiro atoms. The van der Waals surface area contributed by atoms with Crippen molar-refractivity contribution in [1.29, 1.82) is 0 Å². The molecular weight excluding hydrogens is 286 g/mol. The lowest BCUT2D eigenvalue weighted by atomic mass is 9.81. The summed E-state index contributed by atoms with van der Waals surface area (Å²) in [7, 11) is 0. The second-order valence-corrected chi connectivity index (χ2v) is 6.52. The molecule has 116 valence electrons. The van der Waals surface area contributed by atoms with Gasteiger partial charge in [-0.05, 0) is 38.0 Å². The second kappa shape index (κ2) is 4.66. The number of nitrogens with zero attached hydrogens (tertiary/aromatic N) is 2. The van der Waals surface area contributed by atoms with E-state index in [1.807, 2.05) is 0 Å². The summed E-state index contributed by atoms with van der Waals surface area (Å²) in [5.74, 6) is 0.387.